The van der Waals surface area contributed by atoms with Gasteiger partial charge in [-0.05, 0) is 87.2 Å². The molecule has 0 aliphatic carbocycles. The number of methoxy groups -OCH3 is 1. The minimum atomic E-state index is -0.462. The van der Waals surface area contributed by atoms with Crippen LogP contribution >= 0.6 is 11.8 Å². The van der Waals surface area contributed by atoms with E-state index in [1.165, 1.54) is 11.8 Å². The van der Waals surface area contributed by atoms with Crippen LogP contribution in [0.25, 0.3) is 6.08 Å². The largest absolute Gasteiger partial charge is 0.497 e. The predicted molar refractivity (Wildman–Crippen MR) is 155 cm³/mol. The quantitative estimate of drug-likeness (QED) is 0.218. The normalized spacial score (nSPS) is 14.1. The number of carbonyl (C=O) groups is 3. The van der Waals surface area contributed by atoms with Crippen molar-refractivity contribution in [1.82, 2.24) is 4.98 Å². The summed E-state index contributed by atoms with van der Waals surface area (Å²) in [7, 11) is 1.60. The van der Waals surface area contributed by atoms with Gasteiger partial charge in [0.05, 0.1) is 36.4 Å². The third kappa shape index (κ3) is 5.98. The molecule has 0 radical (unpaired) electrons. The average molecular weight is 546 g/mol. The number of H-pyrrole nitrogens is 1. The Kier molecular flexibility index (Phi) is 8.40. The van der Waals surface area contributed by atoms with Crippen LogP contribution in [-0.2, 0) is 9.53 Å². The second kappa shape index (κ2) is 11.7. The number of hydrogen-bond donors (Lipinski definition) is 1. The molecule has 1 N–H and O–H groups in total. The van der Waals surface area contributed by atoms with Crippen molar-refractivity contribution in [2.75, 3.05) is 24.4 Å². The number of hydrogen-bond acceptors (Lipinski definition) is 7. The smallest absolute Gasteiger partial charge is 0.340 e. The summed E-state index contributed by atoms with van der Waals surface area (Å²) in [5.74, 6) is -0.213. The maximum atomic E-state index is 13.6. The van der Waals surface area contributed by atoms with Crippen LogP contribution in [0.5, 0.6) is 5.75 Å². The molecule has 4 rings (SSSR count). The van der Waals surface area contributed by atoms with Crippen LogP contribution in [0.3, 0.4) is 0 Å². The molecule has 0 fully saturated rings. The SMILES string of the molecule is CCOC(=O)c1c(C)[nH]c(C(=O)CSC2=NC(=Cc3ccc(OC)cc3)C(=O)N2c2cc(C)cc(C)c2)c1C. The van der Waals surface area contributed by atoms with Crippen LogP contribution < -0.4 is 9.64 Å². The van der Waals surface area contributed by atoms with Crippen molar-refractivity contribution >= 4 is 46.4 Å². The summed E-state index contributed by atoms with van der Waals surface area (Å²) < 4.78 is 10.4. The molecule has 1 aromatic heterocycles. The number of carbonyl (C=O) groups excluding carboxylic acids is 3. The van der Waals surface area contributed by atoms with Crippen molar-refractivity contribution in [3.05, 3.63) is 87.4 Å². The number of aromatic amines is 1. The summed E-state index contributed by atoms with van der Waals surface area (Å²) in [5, 5.41) is 0.407. The Labute approximate surface area is 232 Å². The zero-order valence-corrected chi connectivity index (χ0v) is 23.7. The van der Waals surface area contributed by atoms with Crippen molar-refractivity contribution in [2.45, 2.75) is 34.6 Å². The molecule has 9 heteroatoms. The van der Waals surface area contributed by atoms with E-state index in [0.717, 1.165) is 16.7 Å². The van der Waals surface area contributed by atoms with Gasteiger partial charge in [-0.1, -0.05) is 30.0 Å². The first-order valence-corrected chi connectivity index (χ1v) is 13.5. The molecule has 1 aliphatic rings. The van der Waals surface area contributed by atoms with Crippen molar-refractivity contribution in [1.29, 1.82) is 0 Å². The van der Waals surface area contributed by atoms with Crippen LogP contribution in [0.4, 0.5) is 5.69 Å². The number of ketones is 1. The molecule has 2 aromatic carbocycles. The highest BCUT2D eigenvalue weighted by molar-refractivity contribution is 8.14. The number of aliphatic imine (C=N–C) groups is 1. The number of Topliss-reactive ketones (excluding diaryl/α,β-unsaturated/α-hetero) is 1. The predicted octanol–water partition coefficient (Wildman–Crippen LogP) is 5.79. The minimum absolute atomic E-state index is 0.0201. The first-order valence-electron chi connectivity index (χ1n) is 12.5. The molecule has 8 nitrogen and oxygen atoms in total. The summed E-state index contributed by atoms with van der Waals surface area (Å²) in [4.78, 5) is 48.4. The van der Waals surface area contributed by atoms with E-state index >= 15 is 0 Å². The molecule has 202 valence electrons. The molecule has 1 aliphatic heterocycles. The van der Waals surface area contributed by atoms with Crippen LogP contribution in [0.2, 0.25) is 0 Å². The maximum absolute atomic E-state index is 13.6. The molecule has 0 unspecified atom stereocenters. The summed E-state index contributed by atoms with van der Waals surface area (Å²) in [6, 6.07) is 13.2. The number of rotatable bonds is 8. The lowest BCUT2D eigenvalue weighted by Gasteiger charge is -2.19. The van der Waals surface area contributed by atoms with Crippen LogP contribution in [0.15, 0.2) is 53.2 Å². The molecule has 0 atom stereocenters. The van der Waals surface area contributed by atoms with Gasteiger partial charge in [-0.15, -0.1) is 0 Å². The molecule has 0 saturated heterocycles. The molecular formula is C30H31N3O5S. The highest BCUT2D eigenvalue weighted by Gasteiger charge is 2.33. The summed E-state index contributed by atoms with van der Waals surface area (Å²) >= 11 is 1.18. The number of aryl methyl sites for hydroxylation is 3. The first kappa shape index (κ1) is 27.9. The molecule has 0 spiro atoms. The molecular weight excluding hydrogens is 514 g/mol. The number of esters is 1. The van der Waals surface area contributed by atoms with E-state index < -0.39 is 5.97 Å². The van der Waals surface area contributed by atoms with Gasteiger partial charge < -0.3 is 14.5 Å². The van der Waals surface area contributed by atoms with E-state index in [4.69, 9.17) is 9.47 Å². The van der Waals surface area contributed by atoms with Gasteiger partial charge >= 0.3 is 5.97 Å². The van der Waals surface area contributed by atoms with Gasteiger partial charge in [-0.2, -0.15) is 0 Å². The van der Waals surface area contributed by atoms with Crippen molar-refractivity contribution < 1.29 is 23.9 Å². The van der Waals surface area contributed by atoms with Gasteiger partial charge in [0.2, 0.25) is 0 Å². The first-order chi connectivity index (χ1) is 18.6. The number of amidine groups is 1. The van der Waals surface area contributed by atoms with Crippen molar-refractivity contribution in [3.63, 3.8) is 0 Å². The lowest BCUT2D eigenvalue weighted by molar-refractivity contribution is -0.113. The molecule has 0 bridgehead atoms. The number of benzene rings is 2. The van der Waals surface area contributed by atoms with Crippen LogP contribution in [-0.4, -0.2) is 47.3 Å². The van der Waals surface area contributed by atoms with E-state index in [-0.39, 0.29) is 29.7 Å². The van der Waals surface area contributed by atoms with E-state index in [1.54, 1.807) is 38.9 Å². The van der Waals surface area contributed by atoms with E-state index in [0.29, 0.717) is 39.1 Å². The zero-order valence-electron chi connectivity index (χ0n) is 22.9. The molecule has 39 heavy (non-hydrogen) atoms. The second-order valence-electron chi connectivity index (χ2n) is 9.24. The highest BCUT2D eigenvalue weighted by Crippen LogP contribution is 2.31. The number of anilines is 1. The lowest BCUT2D eigenvalue weighted by atomic mass is 10.1. The van der Waals surface area contributed by atoms with Crippen molar-refractivity contribution in [2.24, 2.45) is 4.99 Å². The van der Waals surface area contributed by atoms with Gasteiger partial charge in [0.25, 0.3) is 5.91 Å². The number of amides is 1. The number of ether oxygens (including phenoxy) is 2. The van der Waals surface area contributed by atoms with Crippen LogP contribution in [0.1, 0.15) is 55.7 Å². The van der Waals surface area contributed by atoms with E-state index in [2.05, 4.69) is 9.98 Å². The third-order valence-corrected chi connectivity index (χ3v) is 7.18. The molecule has 2 heterocycles. The van der Waals surface area contributed by atoms with Gasteiger partial charge in [0.1, 0.15) is 11.4 Å². The fourth-order valence-corrected chi connectivity index (χ4v) is 5.38. The average Bonchev–Trinajstić information content (AvgIpc) is 3.37. The summed E-state index contributed by atoms with van der Waals surface area (Å²) in [6.07, 6.45) is 1.72. The Hall–Kier alpha value is -4.11. The van der Waals surface area contributed by atoms with Crippen LogP contribution in [0, 0.1) is 27.7 Å². The monoisotopic (exact) mass is 545 g/mol. The number of thioether (sulfide) groups is 1. The molecule has 1 amide bonds. The van der Waals surface area contributed by atoms with E-state index in [1.807, 2.05) is 56.3 Å². The Morgan fingerprint density at radius 1 is 1.05 bits per heavy atom. The van der Waals surface area contributed by atoms with E-state index in [9.17, 15) is 14.4 Å². The molecule has 0 saturated carbocycles. The van der Waals surface area contributed by atoms with Gasteiger partial charge in [0, 0.05) is 5.69 Å². The Balaban J connectivity index is 1.64. The fourth-order valence-electron chi connectivity index (χ4n) is 4.50. The maximum Gasteiger partial charge on any atom is 0.340 e. The topological polar surface area (TPSA) is 101 Å². The number of nitrogens with zero attached hydrogens (tertiary/aromatic N) is 2. The number of aromatic nitrogens is 1. The summed E-state index contributed by atoms with van der Waals surface area (Å²) in [6.45, 7) is 9.38. The third-order valence-electron chi connectivity index (χ3n) is 6.24. The standard InChI is InChI=1S/C30H31N3O5S/c1-7-38-29(36)26-19(4)27(31-20(26)5)25(34)16-39-30-32-24(15-21-8-10-23(37-6)11-9-21)28(35)33(30)22-13-17(2)12-18(3)14-22/h8-15,31H,7,16H2,1-6H3. The number of nitrogens with one attached hydrogen (secondary N) is 1. The van der Waals surface area contributed by atoms with Gasteiger partial charge in [-0.3, -0.25) is 14.5 Å². The Bertz CT molecular complexity index is 1480. The highest BCUT2D eigenvalue weighted by atomic mass is 32.2. The summed E-state index contributed by atoms with van der Waals surface area (Å²) in [5.41, 5.74) is 5.62. The van der Waals surface area contributed by atoms with Crippen molar-refractivity contribution in [3.8, 4) is 5.75 Å². The Morgan fingerprint density at radius 2 is 1.72 bits per heavy atom. The Morgan fingerprint density at radius 3 is 2.33 bits per heavy atom. The lowest BCUT2D eigenvalue weighted by Crippen LogP contribution is -2.31. The van der Waals surface area contributed by atoms with Gasteiger partial charge in [-0.25, -0.2) is 9.79 Å². The molecule has 3 aromatic rings. The zero-order chi connectivity index (χ0) is 28.3. The van der Waals surface area contributed by atoms with Gasteiger partial charge in [0.15, 0.2) is 11.0 Å². The minimum Gasteiger partial charge on any atom is -0.497 e. The second-order valence-corrected chi connectivity index (χ2v) is 10.2. The fraction of sp³-hybridized carbons (Fsp3) is 0.267.